The number of halogens is 1. The summed E-state index contributed by atoms with van der Waals surface area (Å²) in [4.78, 5) is 10.7. The van der Waals surface area contributed by atoms with E-state index in [2.05, 4.69) is 5.32 Å². The number of anilines is 1. The lowest BCUT2D eigenvalue weighted by Crippen LogP contribution is -2.11. The van der Waals surface area contributed by atoms with Crippen LogP contribution in [0.15, 0.2) is 42.5 Å². The van der Waals surface area contributed by atoms with Crippen molar-refractivity contribution in [2.24, 2.45) is 0 Å². The zero-order chi connectivity index (χ0) is 15.4. The summed E-state index contributed by atoms with van der Waals surface area (Å²) in [6.07, 6.45) is 0.822. The molecule has 21 heavy (non-hydrogen) atoms. The van der Waals surface area contributed by atoms with Crippen molar-refractivity contribution in [2.75, 3.05) is 5.32 Å². The first-order chi connectivity index (χ1) is 10.0. The van der Waals surface area contributed by atoms with E-state index in [1.165, 1.54) is 11.6 Å². The van der Waals surface area contributed by atoms with Crippen LogP contribution in [0.1, 0.15) is 30.5 Å². The Labute approximate surface area is 128 Å². The first-order valence-electron chi connectivity index (χ1n) is 6.78. The van der Waals surface area contributed by atoms with Gasteiger partial charge in [0.15, 0.2) is 0 Å². The molecule has 0 saturated heterocycles. The van der Waals surface area contributed by atoms with Crippen LogP contribution < -0.4 is 5.32 Å². The van der Waals surface area contributed by atoms with Crippen LogP contribution in [0.5, 0.6) is 0 Å². The van der Waals surface area contributed by atoms with Crippen LogP contribution >= 0.6 is 11.6 Å². The van der Waals surface area contributed by atoms with E-state index in [4.69, 9.17) is 11.6 Å². The van der Waals surface area contributed by atoms with Crippen LogP contribution in [-0.2, 0) is 0 Å². The van der Waals surface area contributed by atoms with E-state index in [1.807, 2.05) is 38.1 Å². The number of hydrogen-bond donors (Lipinski definition) is 1. The van der Waals surface area contributed by atoms with Crippen LogP contribution in [0.25, 0.3) is 0 Å². The van der Waals surface area contributed by atoms with Crippen molar-refractivity contribution in [3.63, 3.8) is 0 Å². The molecule has 2 aromatic carbocycles. The number of nitro benzene ring substituents is 1. The predicted octanol–water partition coefficient (Wildman–Crippen LogP) is 5.12. The molecule has 110 valence electrons. The Morgan fingerprint density at radius 3 is 2.48 bits per heavy atom. The second-order valence-electron chi connectivity index (χ2n) is 4.93. The molecule has 0 aliphatic rings. The van der Waals surface area contributed by atoms with Crippen molar-refractivity contribution in [2.45, 2.75) is 26.3 Å². The Morgan fingerprint density at radius 2 is 1.90 bits per heavy atom. The Morgan fingerprint density at radius 1 is 1.24 bits per heavy atom. The van der Waals surface area contributed by atoms with Crippen molar-refractivity contribution in [3.8, 4) is 0 Å². The Hall–Kier alpha value is -2.07. The summed E-state index contributed by atoms with van der Waals surface area (Å²) in [6.45, 7) is 4.07. The number of benzene rings is 2. The zero-order valence-electron chi connectivity index (χ0n) is 12.0. The van der Waals surface area contributed by atoms with E-state index in [1.54, 1.807) is 12.1 Å². The number of hydrogen-bond acceptors (Lipinski definition) is 3. The number of nitrogens with zero attached hydrogens (tertiary/aromatic N) is 1. The van der Waals surface area contributed by atoms with Gasteiger partial charge >= 0.3 is 0 Å². The van der Waals surface area contributed by atoms with Gasteiger partial charge in [0, 0.05) is 11.1 Å². The molecular weight excluding hydrogens is 288 g/mol. The van der Waals surface area contributed by atoms with Gasteiger partial charge in [0.05, 0.1) is 11.0 Å². The minimum Gasteiger partial charge on any atom is -0.373 e. The van der Waals surface area contributed by atoms with Crippen molar-refractivity contribution in [1.82, 2.24) is 0 Å². The van der Waals surface area contributed by atoms with Gasteiger partial charge in [-0.2, -0.15) is 0 Å². The molecule has 0 aliphatic heterocycles. The fourth-order valence-electron chi connectivity index (χ4n) is 2.19. The van der Waals surface area contributed by atoms with Crippen molar-refractivity contribution in [3.05, 3.63) is 68.7 Å². The van der Waals surface area contributed by atoms with Crippen molar-refractivity contribution >= 4 is 23.0 Å². The second kappa shape index (κ2) is 6.59. The third-order valence-corrected chi connectivity index (χ3v) is 3.61. The lowest BCUT2D eigenvalue weighted by atomic mass is 10.0. The highest BCUT2D eigenvalue weighted by molar-refractivity contribution is 6.30. The van der Waals surface area contributed by atoms with Gasteiger partial charge in [-0.1, -0.05) is 48.4 Å². The van der Waals surface area contributed by atoms with Gasteiger partial charge in [-0.15, -0.1) is 0 Å². The predicted molar refractivity (Wildman–Crippen MR) is 85.9 cm³/mol. The fraction of sp³-hybridized carbons (Fsp3) is 0.250. The highest BCUT2D eigenvalue weighted by Crippen LogP contribution is 2.31. The SMILES string of the molecule is CCC(Nc1ccc(Cl)cc1[N+](=O)[O-])c1ccc(C)cc1. The van der Waals surface area contributed by atoms with Gasteiger partial charge in [0.25, 0.3) is 5.69 Å². The van der Waals surface area contributed by atoms with E-state index >= 15 is 0 Å². The lowest BCUT2D eigenvalue weighted by Gasteiger charge is -2.19. The number of rotatable bonds is 5. The quantitative estimate of drug-likeness (QED) is 0.616. The van der Waals surface area contributed by atoms with Gasteiger partial charge in [0.1, 0.15) is 5.69 Å². The molecule has 0 aliphatic carbocycles. The first kappa shape index (κ1) is 15.3. The smallest absolute Gasteiger partial charge is 0.293 e. The number of nitro groups is 1. The minimum atomic E-state index is -0.421. The maximum Gasteiger partial charge on any atom is 0.293 e. The first-order valence-corrected chi connectivity index (χ1v) is 7.16. The molecular formula is C16H17ClN2O2. The fourth-order valence-corrected chi connectivity index (χ4v) is 2.35. The third kappa shape index (κ3) is 3.73. The van der Waals surface area contributed by atoms with Crippen LogP contribution in [0.4, 0.5) is 11.4 Å². The minimum absolute atomic E-state index is 0.00642. The zero-order valence-corrected chi connectivity index (χ0v) is 12.7. The van der Waals surface area contributed by atoms with Crippen LogP contribution in [-0.4, -0.2) is 4.92 Å². The summed E-state index contributed by atoms with van der Waals surface area (Å²) in [5.41, 5.74) is 2.77. The molecule has 1 unspecified atom stereocenters. The van der Waals surface area contributed by atoms with Crippen molar-refractivity contribution < 1.29 is 4.92 Å². The molecule has 2 rings (SSSR count). The maximum atomic E-state index is 11.1. The van der Waals surface area contributed by atoms with Crippen molar-refractivity contribution in [1.29, 1.82) is 0 Å². The maximum absolute atomic E-state index is 11.1. The molecule has 0 bridgehead atoms. The topological polar surface area (TPSA) is 55.2 Å². The molecule has 0 aromatic heterocycles. The normalized spacial score (nSPS) is 12.0. The van der Waals surface area contributed by atoms with Crippen LogP contribution in [0.3, 0.4) is 0 Å². The molecule has 0 saturated carbocycles. The summed E-state index contributed by atoms with van der Waals surface area (Å²) in [7, 11) is 0. The average molecular weight is 305 g/mol. The largest absolute Gasteiger partial charge is 0.373 e. The third-order valence-electron chi connectivity index (χ3n) is 3.37. The van der Waals surface area contributed by atoms with Gasteiger partial charge in [-0.05, 0) is 31.0 Å². The highest BCUT2D eigenvalue weighted by atomic mass is 35.5. The Kier molecular flexibility index (Phi) is 4.81. The Balaban J connectivity index is 2.30. The number of nitrogens with one attached hydrogen (secondary N) is 1. The highest BCUT2D eigenvalue weighted by Gasteiger charge is 2.18. The molecule has 5 heteroatoms. The van der Waals surface area contributed by atoms with Crippen LogP contribution in [0, 0.1) is 17.0 Å². The van der Waals surface area contributed by atoms with Gasteiger partial charge in [-0.3, -0.25) is 10.1 Å². The van der Waals surface area contributed by atoms with Crippen LogP contribution in [0.2, 0.25) is 5.02 Å². The summed E-state index contributed by atoms with van der Waals surface area (Å²) in [6, 6.07) is 12.8. The molecule has 1 N–H and O–H groups in total. The average Bonchev–Trinajstić information content (AvgIpc) is 2.47. The van der Waals surface area contributed by atoms with E-state index in [0.29, 0.717) is 10.7 Å². The number of aryl methyl sites for hydroxylation is 1. The molecule has 0 heterocycles. The van der Waals surface area contributed by atoms with E-state index < -0.39 is 4.92 Å². The Bertz CT molecular complexity index is 641. The molecule has 0 fully saturated rings. The summed E-state index contributed by atoms with van der Waals surface area (Å²) >= 11 is 5.83. The molecule has 4 nitrogen and oxygen atoms in total. The van der Waals surface area contributed by atoms with Gasteiger partial charge < -0.3 is 5.32 Å². The molecule has 2 aromatic rings. The second-order valence-corrected chi connectivity index (χ2v) is 5.37. The van der Waals surface area contributed by atoms with E-state index in [0.717, 1.165) is 12.0 Å². The van der Waals surface area contributed by atoms with Gasteiger partial charge in [0.2, 0.25) is 0 Å². The van der Waals surface area contributed by atoms with Gasteiger partial charge in [-0.25, -0.2) is 0 Å². The molecule has 0 radical (unpaired) electrons. The summed E-state index contributed by atoms with van der Waals surface area (Å²) < 4.78 is 0. The summed E-state index contributed by atoms with van der Waals surface area (Å²) in [5.74, 6) is 0. The standard InChI is InChI=1S/C16H17ClN2O2/c1-3-14(12-6-4-11(2)5-7-12)18-15-9-8-13(17)10-16(15)19(20)21/h4-10,14,18H,3H2,1-2H3. The molecule has 1 atom stereocenters. The molecule has 0 spiro atoms. The monoisotopic (exact) mass is 304 g/mol. The lowest BCUT2D eigenvalue weighted by molar-refractivity contribution is -0.384. The van der Waals surface area contributed by atoms with E-state index in [9.17, 15) is 10.1 Å². The summed E-state index contributed by atoms with van der Waals surface area (Å²) in [5, 5.41) is 14.7. The molecule has 0 amide bonds. The van der Waals surface area contributed by atoms with E-state index in [-0.39, 0.29) is 11.7 Å².